The van der Waals surface area contributed by atoms with E-state index in [-0.39, 0.29) is 23.3 Å². The minimum atomic E-state index is -0.860. The molecule has 1 aromatic carbocycles. The van der Waals surface area contributed by atoms with Gasteiger partial charge in [-0.1, -0.05) is 28.1 Å². The van der Waals surface area contributed by atoms with Crippen molar-refractivity contribution in [2.45, 2.75) is 19.4 Å². The van der Waals surface area contributed by atoms with Crippen molar-refractivity contribution in [2.75, 3.05) is 11.4 Å². The molecule has 0 atom stereocenters. The minimum absolute atomic E-state index is 0.0794. The van der Waals surface area contributed by atoms with Crippen LogP contribution in [-0.4, -0.2) is 28.9 Å². The summed E-state index contributed by atoms with van der Waals surface area (Å²) < 4.78 is 0.828. The van der Waals surface area contributed by atoms with Gasteiger partial charge in [0.15, 0.2) is 0 Å². The van der Waals surface area contributed by atoms with Crippen LogP contribution in [0.25, 0.3) is 0 Å². The first-order valence-electron chi connectivity index (χ1n) is 5.95. The third-order valence-corrected chi connectivity index (χ3v) is 4.01. The summed E-state index contributed by atoms with van der Waals surface area (Å²) in [7, 11) is 0. The van der Waals surface area contributed by atoms with Gasteiger partial charge in [-0.05, 0) is 32.0 Å². The average Bonchev–Trinajstić information content (AvgIpc) is 2.34. The zero-order valence-corrected chi connectivity index (χ0v) is 13.5. The van der Waals surface area contributed by atoms with E-state index in [2.05, 4.69) is 21.2 Å². The molecule has 1 saturated heterocycles. The molecule has 106 valence electrons. The highest BCUT2D eigenvalue weighted by molar-refractivity contribution is 9.10. The number of nitrogens with two attached hydrogens (primary N) is 1. The van der Waals surface area contributed by atoms with Gasteiger partial charge < -0.3 is 10.6 Å². The summed E-state index contributed by atoms with van der Waals surface area (Å²) >= 11 is 8.42. The van der Waals surface area contributed by atoms with E-state index in [0.717, 1.165) is 4.47 Å². The van der Waals surface area contributed by atoms with Gasteiger partial charge in [0.1, 0.15) is 10.5 Å². The molecule has 5 nitrogen and oxygen atoms in total. The molecule has 1 heterocycles. The number of piperazine rings is 1. The predicted molar refractivity (Wildman–Crippen MR) is 84.6 cm³/mol. The number of nitrogens with zero attached hydrogens (tertiary/aromatic N) is 1. The standard InChI is InChI=1S/C13H14BrN3O2S/c1-13(2)12(19)16-10(18)6-17(13)9-4-3-7(14)5-8(9)11(15)20/h3-5H,6H2,1-2H3,(H2,15,20)(H,16,18,19). The molecular formula is C13H14BrN3O2S. The first kappa shape index (κ1) is 14.9. The maximum atomic E-state index is 12.0. The number of halogens is 1. The van der Waals surface area contributed by atoms with Crippen molar-refractivity contribution in [1.82, 2.24) is 5.32 Å². The molecule has 0 spiro atoms. The summed E-state index contributed by atoms with van der Waals surface area (Å²) in [5, 5.41) is 2.34. The molecule has 0 aromatic heterocycles. The quantitative estimate of drug-likeness (QED) is 0.618. The number of imide groups is 1. The Balaban J connectivity index is 2.57. The van der Waals surface area contributed by atoms with E-state index >= 15 is 0 Å². The van der Waals surface area contributed by atoms with Crippen molar-refractivity contribution >= 4 is 50.6 Å². The van der Waals surface area contributed by atoms with Crippen LogP contribution in [0.15, 0.2) is 22.7 Å². The Labute approximate surface area is 130 Å². The number of benzene rings is 1. The van der Waals surface area contributed by atoms with Gasteiger partial charge in [-0.15, -0.1) is 0 Å². The Kier molecular flexibility index (Phi) is 3.84. The molecule has 0 unspecified atom stereocenters. The van der Waals surface area contributed by atoms with Crippen LogP contribution in [0.1, 0.15) is 19.4 Å². The number of hydrogen-bond acceptors (Lipinski definition) is 4. The molecule has 20 heavy (non-hydrogen) atoms. The highest BCUT2D eigenvalue weighted by Gasteiger charge is 2.41. The molecule has 2 amide bonds. The van der Waals surface area contributed by atoms with Gasteiger partial charge in [-0.25, -0.2) is 0 Å². The molecule has 1 fully saturated rings. The van der Waals surface area contributed by atoms with Crippen molar-refractivity contribution in [2.24, 2.45) is 5.73 Å². The number of carbonyl (C=O) groups excluding carboxylic acids is 2. The number of thiocarbonyl (C=S) groups is 1. The van der Waals surface area contributed by atoms with Gasteiger partial charge >= 0.3 is 0 Å². The van der Waals surface area contributed by atoms with Crippen LogP contribution < -0.4 is 16.0 Å². The molecular weight excluding hydrogens is 342 g/mol. The van der Waals surface area contributed by atoms with Gasteiger partial charge in [0.2, 0.25) is 5.91 Å². The molecule has 0 radical (unpaired) electrons. The summed E-state index contributed by atoms with van der Waals surface area (Å²) in [4.78, 5) is 25.6. The molecule has 7 heteroatoms. The lowest BCUT2D eigenvalue weighted by atomic mass is 9.96. The van der Waals surface area contributed by atoms with Crippen molar-refractivity contribution in [3.8, 4) is 0 Å². The van der Waals surface area contributed by atoms with E-state index in [9.17, 15) is 9.59 Å². The van der Waals surface area contributed by atoms with E-state index in [1.54, 1.807) is 30.9 Å². The van der Waals surface area contributed by atoms with Crippen LogP contribution >= 0.6 is 28.1 Å². The minimum Gasteiger partial charge on any atom is -0.389 e. The highest BCUT2D eigenvalue weighted by atomic mass is 79.9. The molecule has 0 aliphatic carbocycles. The normalized spacial score (nSPS) is 17.9. The van der Waals surface area contributed by atoms with Crippen LogP contribution in [-0.2, 0) is 9.59 Å². The largest absolute Gasteiger partial charge is 0.389 e. The fraction of sp³-hybridized carbons (Fsp3) is 0.308. The van der Waals surface area contributed by atoms with Crippen LogP contribution in [0, 0.1) is 0 Å². The highest BCUT2D eigenvalue weighted by Crippen LogP contribution is 2.31. The molecule has 1 aromatic rings. The smallest absolute Gasteiger partial charge is 0.251 e. The summed E-state index contributed by atoms with van der Waals surface area (Å²) in [5.41, 5.74) is 6.19. The number of carbonyl (C=O) groups is 2. The van der Waals surface area contributed by atoms with Gasteiger partial charge in [0.05, 0.1) is 6.54 Å². The summed E-state index contributed by atoms with van der Waals surface area (Å²) in [5.74, 6) is -0.684. The van der Waals surface area contributed by atoms with E-state index in [4.69, 9.17) is 18.0 Å². The van der Waals surface area contributed by atoms with Crippen LogP contribution in [0.2, 0.25) is 0 Å². The molecule has 3 N–H and O–H groups in total. The fourth-order valence-electron chi connectivity index (χ4n) is 2.11. The molecule has 1 aliphatic heterocycles. The Bertz CT molecular complexity index is 616. The van der Waals surface area contributed by atoms with Crippen molar-refractivity contribution < 1.29 is 9.59 Å². The number of anilines is 1. The van der Waals surface area contributed by atoms with E-state index in [1.807, 2.05) is 6.07 Å². The zero-order valence-electron chi connectivity index (χ0n) is 11.1. The number of nitrogens with one attached hydrogen (secondary N) is 1. The summed E-state index contributed by atoms with van der Waals surface area (Å²) in [6, 6.07) is 5.40. The lowest BCUT2D eigenvalue weighted by Gasteiger charge is -2.42. The predicted octanol–water partition coefficient (Wildman–Crippen LogP) is 1.32. The lowest BCUT2D eigenvalue weighted by molar-refractivity contribution is -0.135. The molecule has 2 rings (SSSR count). The van der Waals surface area contributed by atoms with Gasteiger partial charge in [-0.2, -0.15) is 0 Å². The molecule has 0 saturated carbocycles. The third-order valence-electron chi connectivity index (χ3n) is 3.30. The lowest BCUT2D eigenvalue weighted by Crippen LogP contribution is -2.64. The van der Waals surface area contributed by atoms with Crippen LogP contribution in [0.5, 0.6) is 0 Å². The fourth-order valence-corrected chi connectivity index (χ4v) is 2.63. The van der Waals surface area contributed by atoms with Crippen molar-refractivity contribution in [3.05, 3.63) is 28.2 Å². The first-order valence-corrected chi connectivity index (χ1v) is 7.15. The Morgan fingerprint density at radius 1 is 1.45 bits per heavy atom. The second-order valence-electron chi connectivity index (χ2n) is 5.05. The van der Waals surface area contributed by atoms with E-state index < -0.39 is 5.54 Å². The second-order valence-corrected chi connectivity index (χ2v) is 6.40. The van der Waals surface area contributed by atoms with Gasteiger partial charge in [0, 0.05) is 15.7 Å². The third kappa shape index (κ3) is 2.55. The average molecular weight is 356 g/mol. The maximum absolute atomic E-state index is 12.0. The van der Waals surface area contributed by atoms with Gasteiger partial charge in [-0.3, -0.25) is 14.9 Å². The van der Waals surface area contributed by atoms with E-state index in [1.165, 1.54) is 0 Å². The Morgan fingerprint density at radius 3 is 2.70 bits per heavy atom. The molecule has 0 bridgehead atoms. The Morgan fingerprint density at radius 2 is 2.10 bits per heavy atom. The number of amides is 2. The number of hydrogen-bond donors (Lipinski definition) is 2. The summed E-state index contributed by atoms with van der Waals surface area (Å²) in [6.07, 6.45) is 0. The van der Waals surface area contributed by atoms with Gasteiger partial charge in [0.25, 0.3) is 5.91 Å². The first-order chi connectivity index (χ1) is 9.23. The monoisotopic (exact) mass is 355 g/mol. The van der Waals surface area contributed by atoms with Crippen LogP contribution in [0.3, 0.4) is 0 Å². The second kappa shape index (κ2) is 5.14. The summed E-state index contributed by atoms with van der Waals surface area (Å²) in [6.45, 7) is 3.58. The maximum Gasteiger partial charge on any atom is 0.251 e. The van der Waals surface area contributed by atoms with Crippen molar-refractivity contribution in [1.29, 1.82) is 0 Å². The SMILES string of the molecule is CC1(C)C(=O)NC(=O)CN1c1ccc(Br)cc1C(N)=S. The topological polar surface area (TPSA) is 75.4 Å². The number of rotatable bonds is 2. The Hall–Kier alpha value is -1.47. The van der Waals surface area contributed by atoms with E-state index in [0.29, 0.717) is 11.3 Å². The van der Waals surface area contributed by atoms with Crippen molar-refractivity contribution in [3.63, 3.8) is 0 Å². The molecule has 1 aliphatic rings. The zero-order chi connectivity index (χ0) is 15.1. The van der Waals surface area contributed by atoms with Crippen LogP contribution in [0.4, 0.5) is 5.69 Å².